The first-order valence-electron chi connectivity index (χ1n) is 13.5. The van der Waals surface area contributed by atoms with Gasteiger partial charge in [0.2, 0.25) is 5.91 Å². The van der Waals surface area contributed by atoms with Crippen molar-refractivity contribution in [1.82, 2.24) is 9.88 Å². The van der Waals surface area contributed by atoms with Gasteiger partial charge in [0.05, 0.1) is 28.2 Å². The average Bonchev–Trinajstić information content (AvgIpc) is 2.93. The molecule has 1 atom stereocenters. The Labute approximate surface area is 234 Å². The number of fused-ring (bicyclic) bond motifs is 2. The normalized spacial score (nSPS) is 18.8. The molecule has 5 rings (SSSR count). The number of anilines is 1. The molecule has 2 heterocycles. The fourth-order valence-electron chi connectivity index (χ4n) is 5.61. The molecule has 1 aliphatic heterocycles. The van der Waals surface area contributed by atoms with Gasteiger partial charge in [0.15, 0.2) is 15.6 Å². The summed E-state index contributed by atoms with van der Waals surface area (Å²) in [6.45, 7) is 6.06. The second-order valence-electron chi connectivity index (χ2n) is 10.9. The van der Waals surface area contributed by atoms with Gasteiger partial charge in [-0.1, -0.05) is 31.2 Å². The molecule has 1 aliphatic carbocycles. The van der Waals surface area contributed by atoms with Gasteiger partial charge in [-0.15, -0.1) is 0 Å². The summed E-state index contributed by atoms with van der Waals surface area (Å²) in [5, 5.41) is 2.83. The van der Waals surface area contributed by atoms with Gasteiger partial charge in [-0.3, -0.25) is 14.4 Å². The topological polar surface area (TPSA) is 114 Å². The molecule has 0 saturated carbocycles. The molecule has 40 heavy (non-hydrogen) atoms. The molecule has 3 aromatic rings. The van der Waals surface area contributed by atoms with Crippen LogP contribution >= 0.6 is 0 Å². The zero-order valence-corrected chi connectivity index (χ0v) is 24.0. The predicted molar refractivity (Wildman–Crippen MR) is 153 cm³/mol. The van der Waals surface area contributed by atoms with E-state index in [0.717, 1.165) is 23.1 Å². The van der Waals surface area contributed by atoms with Crippen LogP contribution in [0.1, 0.15) is 68.9 Å². The molecule has 0 saturated heterocycles. The number of nitrogens with one attached hydrogen (secondary N) is 1. The van der Waals surface area contributed by atoms with Gasteiger partial charge in [0.1, 0.15) is 5.82 Å². The van der Waals surface area contributed by atoms with Crippen LogP contribution in [0.15, 0.2) is 53.4 Å². The van der Waals surface area contributed by atoms with Crippen LogP contribution in [0.5, 0.6) is 0 Å². The summed E-state index contributed by atoms with van der Waals surface area (Å²) < 4.78 is 24.0. The van der Waals surface area contributed by atoms with E-state index in [9.17, 15) is 22.8 Å². The number of nitrogens with zero attached hydrogens (tertiary/aromatic N) is 2. The van der Waals surface area contributed by atoms with E-state index in [4.69, 9.17) is 0 Å². The highest BCUT2D eigenvalue weighted by molar-refractivity contribution is 7.91. The third-order valence-electron chi connectivity index (χ3n) is 8.22. The number of hydrogen-bond donors (Lipinski definition) is 1. The van der Waals surface area contributed by atoms with Crippen molar-refractivity contribution < 1.29 is 22.8 Å². The minimum Gasteiger partial charge on any atom is -0.341 e. The Morgan fingerprint density at radius 3 is 2.50 bits per heavy atom. The van der Waals surface area contributed by atoms with Crippen molar-refractivity contribution in [2.24, 2.45) is 0 Å². The molecule has 9 heteroatoms. The molecule has 8 nitrogen and oxygen atoms in total. The monoisotopic (exact) mass is 559 g/mol. The molecule has 1 N–H and O–H groups in total. The van der Waals surface area contributed by atoms with Crippen molar-refractivity contribution in [3.63, 3.8) is 0 Å². The Bertz CT molecular complexity index is 1650. The number of hydrogen-bond acceptors (Lipinski definition) is 6. The third-order valence-corrected chi connectivity index (χ3v) is 9.97. The van der Waals surface area contributed by atoms with Crippen molar-refractivity contribution in [3.8, 4) is 0 Å². The van der Waals surface area contributed by atoms with Crippen molar-refractivity contribution in [2.45, 2.75) is 56.8 Å². The number of carbonyl (C=O) groups is 3. The number of rotatable bonds is 6. The second-order valence-corrected chi connectivity index (χ2v) is 13.2. The number of likely N-dealkylation sites (N-methyl/N-ethyl adjacent to an activating group) is 1. The highest BCUT2D eigenvalue weighted by atomic mass is 32.2. The number of carbonyl (C=O) groups excluding carboxylic acids is 3. The SMILES string of the molecule is CCS(=O)(=O)c1ccc(CC(=O)Nc2cc(C)c3c(n2)CCC(C)(c2ccc4c(c2)C(=O)N(C)CC4)C3=O)cc1. The van der Waals surface area contributed by atoms with Crippen LogP contribution in [0.3, 0.4) is 0 Å². The molecular weight excluding hydrogens is 526 g/mol. The lowest BCUT2D eigenvalue weighted by Crippen LogP contribution is -2.39. The first kappa shape index (κ1) is 27.7. The number of sulfone groups is 1. The summed E-state index contributed by atoms with van der Waals surface area (Å²) in [7, 11) is -1.51. The number of ketones is 1. The number of amides is 2. The molecule has 0 fully saturated rings. The van der Waals surface area contributed by atoms with E-state index < -0.39 is 15.3 Å². The van der Waals surface area contributed by atoms with Crippen LogP contribution in [0.25, 0.3) is 0 Å². The van der Waals surface area contributed by atoms with Gasteiger partial charge in [0.25, 0.3) is 5.91 Å². The summed E-state index contributed by atoms with van der Waals surface area (Å²) in [6, 6.07) is 13.9. The Hall–Kier alpha value is -3.85. The molecule has 2 aromatic carbocycles. The van der Waals surface area contributed by atoms with Gasteiger partial charge in [-0.2, -0.15) is 0 Å². The van der Waals surface area contributed by atoms with E-state index in [2.05, 4.69) is 10.3 Å². The smallest absolute Gasteiger partial charge is 0.253 e. The van der Waals surface area contributed by atoms with E-state index in [1.54, 1.807) is 37.1 Å². The standard InChI is InChI=1S/C31H33N3O5S/c1-5-40(38,39)23-10-6-20(7-11-23)17-27(35)33-26-16-19(2)28-25(32-26)12-14-31(3,29(28)36)22-9-8-21-13-15-34(4)30(37)24(21)18-22/h6-11,16,18H,5,12-15,17H2,1-4H3,(H,32,33,35). The molecule has 1 unspecified atom stereocenters. The molecule has 0 radical (unpaired) electrons. The Balaban J connectivity index is 1.34. The zero-order valence-electron chi connectivity index (χ0n) is 23.2. The van der Waals surface area contributed by atoms with Gasteiger partial charge in [-0.05, 0) is 79.6 Å². The average molecular weight is 560 g/mol. The molecule has 0 bridgehead atoms. The van der Waals surface area contributed by atoms with E-state index in [1.165, 1.54) is 12.1 Å². The molecule has 1 aromatic heterocycles. The van der Waals surface area contributed by atoms with Crippen LogP contribution in [-0.2, 0) is 39.3 Å². The van der Waals surface area contributed by atoms with Crippen LogP contribution in [0, 0.1) is 6.92 Å². The lowest BCUT2D eigenvalue weighted by Gasteiger charge is -2.35. The molecular formula is C31H33N3O5S. The van der Waals surface area contributed by atoms with E-state index in [1.807, 2.05) is 32.0 Å². The highest BCUT2D eigenvalue weighted by Crippen LogP contribution is 2.40. The van der Waals surface area contributed by atoms with Crippen LogP contribution in [0.4, 0.5) is 5.82 Å². The quantitative estimate of drug-likeness (QED) is 0.487. The second kappa shape index (κ2) is 10.3. The lowest BCUT2D eigenvalue weighted by atomic mass is 9.67. The number of benzene rings is 2. The Morgan fingerprint density at radius 1 is 1.07 bits per heavy atom. The van der Waals surface area contributed by atoms with E-state index in [-0.39, 0.29) is 34.7 Å². The van der Waals surface area contributed by atoms with Gasteiger partial charge in [0, 0.05) is 24.7 Å². The van der Waals surface area contributed by atoms with Crippen molar-refractivity contribution in [1.29, 1.82) is 0 Å². The zero-order chi connectivity index (χ0) is 28.8. The summed E-state index contributed by atoms with van der Waals surface area (Å²) in [5.41, 5.74) is 4.37. The summed E-state index contributed by atoms with van der Waals surface area (Å²) in [5.74, 6) is 0.0623. The fraction of sp³-hybridized carbons (Fsp3) is 0.355. The van der Waals surface area contributed by atoms with Gasteiger partial charge >= 0.3 is 0 Å². The van der Waals surface area contributed by atoms with E-state index in [0.29, 0.717) is 47.6 Å². The Kier molecular flexibility index (Phi) is 7.12. The summed E-state index contributed by atoms with van der Waals surface area (Å²) >= 11 is 0. The fourth-order valence-corrected chi connectivity index (χ4v) is 6.50. The summed E-state index contributed by atoms with van der Waals surface area (Å²) in [6.07, 6.45) is 1.96. The van der Waals surface area contributed by atoms with E-state index >= 15 is 0 Å². The first-order valence-corrected chi connectivity index (χ1v) is 15.1. The lowest BCUT2D eigenvalue weighted by molar-refractivity contribution is -0.115. The van der Waals surface area contributed by atoms with Gasteiger partial charge < -0.3 is 10.2 Å². The van der Waals surface area contributed by atoms with Gasteiger partial charge in [-0.25, -0.2) is 13.4 Å². The highest BCUT2D eigenvalue weighted by Gasteiger charge is 2.42. The first-order chi connectivity index (χ1) is 18.9. The number of aryl methyl sites for hydroxylation is 2. The maximum absolute atomic E-state index is 13.9. The predicted octanol–water partition coefficient (Wildman–Crippen LogP) is 4.08. The molecule has 2 amide bonds. The van der Waals surface area contributed by atoms with Crippen LogP contribution < -0.4 is 5.32 Å². The number of pyridine rings is 1. The largest absolute Gasteiger partial charge is 0.341 e. The molecule has 0 spiro atoms. The third kappa shape index (κ3) is 4.94. The minimum atomic E-state index is -3.30. The van der Waals surface area contributed by atoms with Crippen LogP contribution in [-0.4, -0.2) is 55.2 Å². The van der Waals surface area contributed by atoms with Crippen LogP contribution in [0.2, 0.25) is 0 Å². The molecule has 2 aliphatic rings. The maximum Gasteiger partial charge on any atom is 0.253 e. The Morgan fingerprint density at radius 2 is 1.80 bits per heavy atom. The number of aromatic nitrogens is 1. The van der Waals surface area contributed by atoms with Crippen molar-refractivity contribution >= 4 is 33.3 Å². The molecule has 208 valence electrons. The number of Topliss-reactive ketones (excluding diaryl/α,β-unsaturated/α-hetero) is 1. The summed E-state index contributed by atoms with van der Waals surface area (Å²) in [4.78, 5) is 46.0. The minimum absolute atomic E-state index is 0.0163. The van der Waals surface area contributed by atoms with Crippen molar-refractivity contribution in [3.05, 3.63) is 87.6 Å². The maximum atomic E-state index is 13.9. The van der Waals surface area contributed by atoms with Crippen molar-refractivity contribution in [2.75, 3.05) is 24.7 Å².